The SMILES string of the molecule is CCOC(=O)/C=C\Sc1ncccn1. The maximum atomic E-state index is 10.9. The van der Waals surface area contributed by atoms with Gasteiger partial charge in [-0.05, 0) is 18.4 Å². The molecule has 74 valence electrons. The Hall–Kier alpha value is -1.36. The zero-order valence-corrected chi connectivity index (χ0v) is 8.53. The molecule has 5 heteroatoms. The van der Waals surface area contributed by atoms with Gasteiger partial charge in [-0.2, -0.15) is 0 Å². The van der Waals surface area contributed by atoms with E-state index in [9.17, 15) is 4.79 Å². The molecular formula is C9H10N2O2S. The van der Waals surface area contributed by atoms with Crippen molar-refractivity contribution in [1.82, 2.24) is 9.97 Å². The van der Waals surface area contributed by atoms with E-state index in [-0.39, 0.29) is 5.97 Å². The van der Waals surface area contributed by atoms with E-state index in [0.717, 1.165) is 0 Å². The zero-order valence-electron chi connectivity index (χ0n) is 7.71. The summed E-state index contributed by atoms with van der Waals surface area (Å²) in [5.41, 5.74) is 0. The average molecular weight is 210 g/mol. The molecule has 1 aromatic heterocycles. The van der Waals surface area contributed by atoms with Crippen LogP contribution in [0.25, 0.3) is 0 Å². The van der Waals surface area contributed by atoms with Crippen LogP contribution in [0.2, 0.25) is 0 Å². The number of aromatic nitrogens is 2. The van der Waals surface area contributed by atoms with Crippen molar-refractivity contribution in [1.29, 1.82) is 0 Å². The minimum atomic E-state index is -0.351. The Kier molecular flexibility index (Phi) is 4.71. The number of carbonyl (C=O) groups excluding carboxylic acids is 1. The fourth-order valence-corrected chi connectivity index (χ4v) is 1.23. The molecule has 4 nitrogen and oxygen atoms in total. The van der Waals surface area contributed by atoms with Crippen molar-refractivity contribution in [2.24, 2.45) is 0 Å². The van der Waals surface area contributed by atoms with Crippen LogP contribution in [-0.2, 0) is 9.53 Å². The van der Waals surface area contributed by atoms with Gasteiger partial charge in [0.15, 0.2) is 5.16 Å². The molecular weight excluding hydrogens is 200 g/mol. The Bertz CT molecular complexity index is 314. The standard InChI is InChI=1S/C9H10N2O2S/c1-2-13-8(12)4-7-14-9-10-5-3-6-11-9/h3-7H,2H2,1H3/b7-4-. The second-order valence-electron chi connectivity index (χ2n) is 2.20. The van der Waals surface area contributed by atoms with E-state index >= 15 is 0 Å². The van der Waals surface area contributed by atoms with E-state index in [2.05, 4.69) is 9.97 Å². The summed E-state index contributed by atoms with van der Waals surface area (Å²) in [7, 11) is 0. The number of hydrogen-bond acceptors (Lipinski definition) is 5. The molecule has 0 saturated heterocycles. The molecule has 0 saturated carbocycles. The molecule has 14 heavy (non-hydrogen) atoms. The fourth-order valence-electron chi connectivity index (χ4n) is 0.687. The van der Waals surface area contributed by atoms with E-state index in [1.165, 1.54) is 17.8 Å². The van der Waals surface area contributed by atoms with E-state index < -0.39 is 0 Å². The van der Waals surface area contributed by atoms with Crippen molar-refractivity contribution in [3.63, 3.8) is 0 Å². The number of thioether (sulfide) groups is 1. The third-order valence-corrected chi connectivity index (χ3v) is 1.90. The van der Waals surface area contributed by atoms with E-state index in [4.69, 9.17) is 4.74 Å². The predicted molar refractivity (Wildman–Crippen MR) is 53.7 cm³/mol. The minimum Gasteiger partial charge on any atom is -0.463 e. The molecule has 0 amide bonds. The summed E-state index contributed by atoms with van der Waals surface area (Å²) in [6.45, 7) is 2.15. The van der Waals surface area contributed by atoms with Crippen molar-refractivity contribution >= 4 is 17.7 Å². The lowest BCUT2D eigenvalue weighted by Gasteiger charge is -1.94. The summed E-state index contributed by atoms with van der Waals surface area (Å²) in [6, 6.07) is 1.74. The van der Waals surface area contributed by atoms with Crippen LogP contribution < -0.4 is 0 Å². The number of rotatable bonds is 4. The Morgan fingerprint density at radius 3 is 2.93 bits per heavy atom. The van der Waals surface area contributed by atoms with Crippen molar-refractivity contribution in [2.45, 2.75) is 12.1 Å². The first kappa shape index (κ1) is 10.7. The highest BCUT2D eigenvalue weighted by atomic mass is 32.2. The molecule has 0 aliphatic heterocycles. The summed E-state index contributed by atoms with van der Waals surface area (Å²) in [4.78, 5) is 18.8. The molecule has 1 rings (SSSR count). The van der Waals surface area contributed by atoms with Gasteiger partial charge < -0.3 is 4.74 Å². The second kappa shape index (κ2) is 6.15. The molecule has 0 bridgehead atoms. The van der Waals surface area contributed by atoms with Crippen molar-refractivity contribution in [2.75, 3.05) is 6.61 Å². The smallest absolute Gasteiger partial charge is 0.331 e. The normalized spacial score (nSPS) is 10.4. The first-order valence-electron chi connectivity index (χ1n) is 4.10. The molecule has 1 aromatic rings. The summed E-state index contributed by atoms with van der Waals surface area (Å²) in [5, 5.41) is 2.21. The molecule has 0 spiro atoms. The Morgan fingerprint density at radius 2 is 2.29 bits per heavy atom. The topological polar surface area (TPSA) is 52.1 Å². The molecule has 1 heterocycles. The highest BCUT2D eigenvalue weighted by Gasteiger charge is 1.94. The van der Waals surface area contributed by atoms with Gasteiger partial charge in [0.05, 0.1) is 6.61 Å². The van der Waals surface area contributed by atoms with Crippen LogP contribution in [0.1, 0.15) is 6.92 Å². The van der Waals surface area contributed by atoms with E-state index in [1.54, 1.807) is 30.8 Å². The van der Waals surface area contributed by atoms with Crippen molar-refractivity contribution in [3.05, 3.63) is 29.9 Å². The Morgan fingerprint density at radius 1 is 1.57 bits per heavy atom. The van der Waals surface area contributed by atoms with Crippen molar-refractivity contribution in [3.8, 4) is 0 Å². The number of esters is 1. The van der Waals surface area contributed by atoms with Gasteiger partial charge >= 0.3 is 5.97 Å². The van der Waals surface area contributed by atoms with Crippen LogP contribution >= 0.6 is 11.8 Å². The second-order valence-corrected chi connectivity index (χ2v) is 3.08. The lowest BCUT2D eigenvalue weighted by Crippen LogP contribution is -1.98. The molecule has 0 fully saturated rings. The number of hydrogen-bond donors (Lipinski definition) is 0. The first-order chi connectivity index (χ1) is 6.83. The van der Waals surface area contributed by atoms with Crippen LogP contribution in [-0.4, -0.2) is 22.5 Å². The maximum Gasteiger partial charge on any atom is 0.331 e. The lowest BCUT2D eigenvalue weighted by atomic mass is 10.6. The number of carbonyl (C=O) groups is 1. The quantitative estimate of drug-likeness (QED) is 0.327. The molecule has 0 atom stereocenters. The predicted octanol–water partition coefficient (Wildman–Crippen LogP) is 1.65. The third kappa shape index (κ3) is 4.04. The van der Waals surface area contributed by atoms with Gasteiger partial charge in [0, 0.05) is 18.5 Å². The molecule has 0 aliphatic rings. The third-order valence-electron chi connectivity index (χ3n) is 1.21. The summed E-state index contributed by atoms with van der Waals surface area (Å²) < 4.78 is 4.70. The average Bonchev–Trinajstić information content (AvgIpc) is 2.20. The van der Waals surface area contributed by atoms with Crippen LogP contribution in [0.15, 0.2) is 35.1 Å². The van der Waals surface area contributed by atoms with Crippen molar-refractivity contribution < 1.29 is 9.53 Å². The Labute approximate surface area is 86.4 Å². The van der Waals surface area contributed by atoms with Crippen LogP contribution in [0.4, 0.5) is 0 Å². The first-order valence-corrected chi connectivity index (χ1v) is 4.98. The van der Waals surface area contributed by atoms with E-state index in [0.29, 0.717) is 11.8 Å². The lowest BCUT2D eigenvalue weighted by molar-refractivity contribution is -0.137. The molecule has 0 N–H and O–H groups in total. The molecule has 0 aromatic carbocycles. The fraction of sp³-hybridized carbons (Fsp3) is 0.222. The maximum absolute atomic E-state index is 10.9. The monoisotopic (exact) mass is 210 g/mol. The number of ether oxygens (including phenoxy) is 1. The highest BCUT2D eigenvalue weighted by molar-refractivity contribution is 8.02. The summed E-state index contributed by atoms with van der Waals surface area (Å²) >= 11 is 1.27. The van der Waals surface area contributed by atoms with Gasteiger partial charge in [-0.15, -0.1) is 0 Å². The van der Waals surface area contributed by atoms with Gasteiger partial charge in [-0.25, -0.2) is 14.8 Å². The molecule has 0 unspecified atom stereocenters. The summed E-state index contributed by atoms with van der Waals surface area (Å²) in [6.07, 6.45) is 4.64. The van der Waals surface area contributed by atoms with Gasteiger partial charge in [0.2, 0.25) is 0 Å². The zero-order chi connectivity index (χ0) is 10.2. The minimum absolute atomic E-state index is 0.351. The summed E-state index contributed by atoms with van der Waals surface area (Å²) in [5.74, 6) is -0.351. The number of nitrogens with zero attached hydrogens (tertiary/aromatic N) is 2. The van der Waals surface area contributed by atoms with Crippen LogP contribution in [0, 0.1) is 0 Å². The largest absolute Gasteiger partial charge is 0.463 e. The van der Waals surface area contributed by atoms with Crippen LogP contribution in [0.5, 0.6) is 0 Å². The van der Waals surface area contributed by atoms with Gasteiger partial charge in [-0.3, -0.25) is 0 Å². The van der Waals surface area contributed by atoms with Gasteiger partial charge in [0.25, 0.3) is 0 Å². The molecule has 0 radical (unpaired) electrons. The van der Waals surface area contributed by atoms with Gasteiger partial charge in [0.1, 0.15) is 0 Å². The highest BCUT2D eigenvalue weighted by Crippen LogP contribution is 2.11. The Balaban J connectivity index is 2.37. The van der Waals surface area contributed by atoms with E-state index in [1.807, 2.05) is 0 Å². The van der Waals surface area contributed by atoms with Crippen LogP contribution in [0.3, 0.4) is 0 Å². The van der Waals surface area contributed by atoms with Gasteiger partial charge in [-0.1, -0.05) is 11.8 Å². The molecule has 0 aliphatic carbocycles.